The molecule has 0 spiro atoms. The largest absolute Gasteiger partial charge is 0.464 e. The van der Waals surface area contributed by atoms with Crippen molar-refractivity contribution >= 4 is 29.2 Å². The number of carbonyl (C=O) groups is 1. The number of methoxy groups -OCH3 is 1. The predicted molar refractivity (Wildman–Crippen MR) is 62.7 cm³/mol. The van der Waals surface area contributed by atoms with Crippen molar-refractivity contribution in [1.29, 1.82) is 0 Å². The van der Waals surface area contributed by atoms with Gasteiger partial charge in [0.05, 0.1) is 19.0 Å². The van der Waals surface area contributed by atoms with Gasteiger partial charge in [-0.2, -0.15) is 10.1 Å². The third kappa shape index (κ3) is 2.38. The molecule has 1 N–H and O–H groups in total. The molecule has 18 heavy (non-hydrogen) atoms. The zero-order chi connectivity index (χ0) is 13.1. The minimum atomic E-state index is -0.516. The number of anilines is 2. The molecule has 2 aromatic rings. The van der Waals surface area contributed by atoms with Crippen molar-refractivity contribution in [2.75, 3.05) is 12.4 Å². The molecule has 9 heteroatoms. The fraction of sp³-hybridized carbons (Fsp3) is 0.222. The fourth-order valence-corrected chi connectivity index (χ4v) is 1.45. The molecule has 0 aromatic carbocycles. The van der Waals surface area contributed by atoms with Crippen LogP contribution in [0.15, 0.2) is 12.5 Å². The van der Waals surface area contributed by atoms with Crippen molar-refractivity contribution < 1.29 is 9.53 Å². The molecule has 0 bridgehead atoms. The average Bonchev–Trinajstić information content (AvgIpc) is 2.70. The van der Waals surface area contributed by atoms with E-state index >= 15 is 0 Å². The number of hydrogen-bond acceptors (Lipinski definition) is 7. The lowest BCUT2D eigenvalue weighted by atomic mass is 10.3. The van der Waals surface area contributed by atoms with E-state index in [9.17, 15) is 4.79 Å². The highest BCUT2D eigenvalue weighted by Gasteiger charge is 2.18. The van der Waals surface area contributed by atoms with E-state index in [1.807, 2.05) is 0 Å². The molecular formula is C9H9ClN6O2. The highest BCUT2D eigenvalue weighted by Crippen LogP contribution is 2.18. The molecule has 2 rings (SSSR count). The number of ether oxygens (including phenoxy) is 1. The van der Waals surface area contributed by atoms with Crippen LogP contribution in [0.3, 0.4) is 0 Å². The number of carbonyl (C=O) groups excluding carboxylic acids is 1. The van der Waals surface area contributed by atoms with Crippen LogP contribution in [0, 0.1) is 0 Å². The normalized spacial score (nSPS) is 10.2. The van der Waals surface area contributed by atoms with Crippen LogP contribution in [0.1, 0.15) is 10.5 Å². The van der Waals surface area contributed by atoms with Gasteiger partial charge in [0.2, 0.25) is 11.2 Å². The molecule has 0 unspecified atom stereocenters. The first kappa shape index (κ1) is 12.2. The molecule has 0 aliphatic rings. The van der Waals surface area contributed by atoms with E-state index in [0.29, 0.717) is 5.69 Å². The second-order valence-corrected chi connectivity index (χ2v) is 3.56. The van der Waals surface area contributed by atoms with Gasteiger partial charge in [-0.3, -0.25) is 4.68 Å². The fourth-order valence-electron chi connectivity index (χ4n) is 1.32. The SMILES string of the molecule is COC(=O)c1c(Nc2ncnc(Cl)n2)cnn1C. The lowest BCUT2D eigenvalue weighted by Crippen LogP contribution is -2.11. The minimum absolute atomic E-state index is 0.0519. The van der Waals surface area contributed by atoms with Gasteiger partial charge in [0.15, 0.2) is 5.69 Å². The van der Waals surface area contributed by atoms with E-state index in [1.165, 1.54) is 24.3 Å². The zero-order valence-corrected chi connectivity index (χ0v) is 10.3. The van der Waals surface area contributed by atoms with Crippen LogP contribution in [0.2, 0.25) is 5.28 Å². The first-order chi connectivity index (χ1) is 8.61. The van der Waals surface area contributed by atoms with Crippen molar-refractivity contribution in [3.63, 3.8) is 0 Å². The first-order valence-electron chi connectivity index (χ1n) is 4.83. The number of nitrogens with zero attached hydrogens (tertiary/aromatic N) is 5. The third-order valence-electron chi connectivity index (χ3n) is 2.11. The second-order valence-electron chi connectivity index (χ2n) is 3.23. The monoisotopic (exact) mass is 268 g/mol. The molecule has 2 heterocycles. The highest BCUT2D eigenvalue weighted by atomic mass is 35.5. The van der Waals surface area contributed by atoms with Crippen molar-refractivity contribution in [2.45, 2.75) is 0 Å². The van der Waals surface area contributed by atoms with E-state index in [-0.39, 0.29) is 16.9 Å². The van der Waals surface area contributed by atoms with Gasteiger partial charge in [-0.15, -0.1) is 0 Å². The summed E-state index contributed by atoms with van der Waals surface area (Å²) in [6.07, 6.45) is 2.72. The Hall–Kier alpha value is -2.22. The minimum Gasteiger partial charge on any atom is -0.464 e. The van der Waals surface area contributed by atoms with Crippen LogP contribution >= 0.6 is 11.6 Å². The molecular weight excluding hydrogens is 260 g/mol. The Kier molecular flexibility index (Phi) is 3.38. The molecule has 8 nitrogen and oxygen atoms in total. The molecule has 0 aliphatic carbocycles. The van der Waals surface area contributed by atoms with Crippen molar-refractivity contribution in [2.24, 2.45) is 7.05 Å². The van der Waals surface area contributed by atoms with Gasteiger partial charge in [-0.1, -0.05) is 0 Å². The summed E-state index contributed by atoms with van der Waals surface area (Å²) < 4.78 is 6.04. The van der Waals surface area contributed by atoms with E-state index in [4.69, 9.17) is 11.6 Å². The van der Waals surface area contributed by atoms with Crippen molar-refractivity contribution in [3.05, 3.63) is 23.5 Å². The molecule has 0 saturated carbocycles. The second kappa shape index (κ2) is 4.96. The Labute approximate surface area is 107 Å². The number of aromatic nitrogens is 5. The molecule has 2 aromatic heterocycles. The molecule has 0 aliphatic heterocycles. The summed E-state index contributed by atoms with van der Waals surface area (Å²) in [6, 6.07) is 0. The van der Waals surface area contributed by atoms with Crippen molar-refractivity contribution in [3.8, 4) is 0 Å². The van der Waals surface area contributed by atoms with Gasteiger partial charge in [0.25, 0.3) is 0 Å². The van der Waals surface area contributed by atoms with Crippen LogP contribution in [0.4, 0.5) is 11.6 Å². The first-order valence-corrected chi connectivity index (χ1v) is 5.21. The zero-order valence-electron chi connectivity index (χ0n) is 9.59. The Morgan fingerprint density at radius 1 is 1.50 bits per heavy atom. The van der Waals surface area contributed by atoms with Crippen LogP contribution in [-0.2, 0) is 11.8 Å². The lowest BCUT2D eigenvalue weighted by molar-refractivity contribution is 0.0589. The van der Waals surface area contributed by atoms with Gasteiger partial charge in [0, 0.05) is 7.05 Å². The number of aryl methyl sites for hydroxylation is 1. The van der Waals surface area contributed by atoms with Gasteiger partial charge >= 0.3 is 5.97 Å². The molecule has 0 radical (unpaired) electrons. The van der Waals surface area contributed by atoms with Crippen LogP contribution < -0.4 is 5.32 Å². The Morgan fingerprint density at radius 2 is 2.28 bits per heavy atom. The number of nitrogens with one attached hydrogen (secondary N) is 1. The van der Waals surface area contributed by atoms with Gasteiger partial charge < -0.3 is 10.1 Å². The molecule has 0 saturated heterocycles. The topological polar surface area (TPSA) is 94.8 Å². The number of hydrogen-bond donors (Lipinski definition) is 1. The van der Waals surface area contributed by atoms with E-state index in [2.05, 4.69) is 30.1 Å². The Morgan fingerprint density at radius 3 is 2.94 bits per heavy atom. The van der Waals surface area contributed by atoms with Gasteiger partial charge in [-0.05, 0) is 11.6 Å². The Bertz CT molecular complexity index is 584. The van der Waals surface area contributed by atoms with Gasteiger partial charge in [0.1, 0.15) is 6.33 Å². The van der Waals surface area contributed by atoms with Crippen LogP contribution in [0.5, 0.6) is 0 Å². The Balaban J connectivity index is 2.32. The summed E-state index contributed by atoms with van der Waals surface area (Å²) in [5, 5.41) is 6.82. The molecule has 94 valence electrons. The predicted octanol–water partition coefficient (Wildman–Crippen LogP) is 0.789. The highest BCUT2D eigenvalue weighted by molar-refractivity contribution is 6.28. The summed E-state index contributed by atoms with van der Waals surface area (Å²) in [4.78, 5) is 22.9. The summed E-state index contributed by atoms with van der Waals surface area (Å²) in [7, 11) is 2.91. The average molecular weight is 269 g/mol. The third-order valence-corrected chi connectivity index (χ3v) is 2.29. The van der Waals surface area contributed by atoms with Crippen molar-refractivity contribution in [1.82, 2.24) is 24.7 Å². The quantitative estimate of drug-likeness (QED) is 0.822. The standard InChI is InChI=1S/C9H9ClN6O2/c1-16-6(7(17)18-2)5(3-13-16)14-9-12-4-11-8(10)15-9/h3-4H,1-2H3,(H,11,12,14,15). The maximum Gasteiger partial charge on any atom is 0.358 e. The molecule has 0 atom stereocenters. The summed E-state index contributed by atoms with van der Waals surface area (Å²) in [5.41, 5.74) is 0.681. The van der Waals surface area contributed by atoms with E-state index in [0.717, 1.165) is 0 Å². The van der Waals surface area contributed by atoms with Crippen LogP contribution in [-0.4, -0.2) is 37.8 Å². The molecule has 0 fully saturated rings. The lowest BCUT2D eigenvalue weighted by Gasteiger charge is -2.05. The van der Waals surface area contributed by atoms with Gasteiger partial charge in [-0.25, -0.2) is 14.8 Å². The number of esters is 1. The maximum absolute atomic E-state index is 11.6. The van der Waals surface area contributed by atoms with E-state index < -0.39 is 5.97 Å². The smallest absolute Gasteiger partial charge is 0.358 e. The summed E-state index contributed by atoms with van der Waals surface area (Å²) in [6.45, 7) is 0. The maximum atomic E-state index is 11.6. The van der Waals surface area contributed by atoms with Crippen LogP contribution in [0.25, 0.3) is 0 Å². The number of halogens is 1. The summed E-state index contributed by atoms with van der Waals surface area (Å²) >= 11 is 5.63. The summed E-state index contributed by atoms with van der Waals surface area (Å²) in [5.74, 6) is -0.300. The van der Waals surface area contributed by atoms with E-state index in [1.54, 1.807) is 7.05 Å². The molecule has 0 amide bonds. The number of rotatable bonds is 3.